The molecule has 2 heteroatoms. The molecule has 2 nitrogen and oxygen atoms in total. The van der Waals surface area contributed by atoms with Crippen molar-refractivity contribution in [1.29, 1.82) is 0 Å². The highest BCUT2D eigenvalue weighted by atomic mass is 15.2. The van der Waals surface area contributed by atoms with Crippen LogP contribution >= 0.6 is 0 Å². The van der Waals surface area contributed by atoms with E-state index < -0.39 is 0 Å². The Kier molecular flexibility index (Phi) is 5.07. The minimum atomic E-state index is 0.562. The SMILES string of the molecule is CCNCC(C)N1CCCC(C)(C)CC1. The molecule has 0 aromatic rings. The molecule has 0 bridgehead atoms. The maximum Gasteiger partial charge on any atom is 0.0192 e. The number of likely N-dealkylation sites (tertiary alicyclic amines) is 1. The van der Waals surface area contributed by atoms with Gasteiger partial charge in [-0.3, -0.25) is 4.90 Å². The van der Waals surface area contributed by atoms with E-state index in [1.807, 2.05) is 0 Å². The zero-order valence-corrected chi connectivity index (χ0v) is 11.0. The van der Waals surface area contributed by atoms with Crippen molar-refractivity contribution >= 4 is 0 Å². The van der Waals surface area contributed by atoms with Crippen LogP contribution in [0.25, 0.3) is 0 Å². The van der Waals surface area contributed by atoms with Gasteiger partial charge in [0, 0.05) is 12.6 Å². The van der Waals surface area contributed by atoms with E-state index in [1.165, 1.54) is 32.4 Å². The van der Waals surface area contributed by atoms with Crippen LogP contribution in [0.2, 0.25) is 0 Å². The van der Waals surface area contributed by atoms with E-state index in [0.29, 0.717) is 11.5 Å². The van der Waals surface area contributed by atoms with Crippen molar-refractivity contribution in [3.8, 4) is 0 Å². The Hall–Kier alpha value is -0.0800. The second-order valence-corrected chi connectivity index (χ2v) is 5.71. The predicted molar refractivity (Wildman–Crippen MR) is 67.2 cm³/mol. The van der Waals surface area contributed by atoms with Crippen LogP contribution in [0, 0.1) is 5.41 Å². The van der Waals surface area contributed by atoms with Crippen LogP contribution < -0.4 is 5.32 Å². The second kappa shape index (κ2) is 5.86. The van der Waals surface area contributed by atoms with Crippen molar-refractivity contribution < 1.29 is 0 Å². The molecule has 1 heterocycles. The minimum absolute atomic E-state index is 0.562. The standard InChI is InChI=1S/C13H28N2/c1-5-14-11-12(2)15-9-6-7-13(3,4)8-10-15/h12,14H,5-11H2,1-4H3. The van der Waals surface area contributed by atoms with E-state index in [1.54, 1.807) is 0 Å². The fourth-order valence-electron chi connectivity index (χ4n) is 2.37. The molecule has 0 aromatic carbocycles. The molecule has 0 saturated carbocycles. The minimum Gasteiger partial charge on any atom is -0.315 e. The van der Waals surface area contributed by atoms with Gasteiger partial charge in [0.2, 0.25) is 0 Å². The first-order valence-electron chi connectivity index (χ1n) is 6.50. The summed E-state index contributed by atoms with van der Waals surface area (Å²) in [5.41, 5.74) is 0.562. The average molecular weight is 212 g/mol. The van der Waals surface area contributed by atoms with Crippen molar-refractivity contribution in [1.82, 2.24) is 10.2 Å². The molecule has 1 N–H and O–H groups in total. The Morgan fingerprint density at radius 3 is 2.67 bits per heavy atom. The van der Waals surface area contributed by atoms with Crippen LogP contribution in [-0.4, -0.2) is 37.1 Å². The van der Waals surface area contributed by atoms with Crippen LogP contribution in [0.1, 0.15) is 47.0 Å². The molecule has 1 rings (SSSR count). The summed E-state index contributed by atoms with van der Waals surface area (Å²) in [5.74, 6) is 0. The van der Waals surface area contributed by atoms with Crippen molar-refractivity contribution in [3.63, 3.8) is 0 Å². The lowest BCUT2D eigenvalue weighted by molar-refractivity contribution is 0.203. The maximum absolute atomic E-state index is 3.44. The van der Waals surface area contributed by atoms with E-state index in [-0.39, 0.29) is 0 Å². The first-order chi connectivity index (χ1) is 7.05. The summed E-state index contributed by atoms with van der Waals surface area (Å²) >= 11 is 0. The van der Waals surface area contributed by atoms with Gasteiger partial charge >= 0.3 is 0 Å². The second-order valence-electron chi connectivity index (χ2n) is 5.71. The third-order valence-corrected chi connectivity index (χ3v) is 3.69. The summed E-state index contributed by atoms with van der Waals surface area (Å²) in [6.07, 6.45) is 4.10. The highest BCUT2D eigenvalue weighted by Gasteiger charge is 2.24. The maximum atomic E-state index is 3.44. The van der Waals surface area contributed by atoms with E-state index in [9.17, 15) is 0 Å². The molecule has 0 aromatic heterocycles. The molecule has 1 unspecified atom stereocenters. The molecule has 90 valence electrons. The molecular formula is C13H28N2. The summed E-state index contributed by atoms with van der Waals surface area (Å²) in [5, 5.41) is 3.44. The first-order valence-corrected chi connectivity index (χ1v) is 6.50. The predicted octanol–water partition coefficient (Wildman–Crippen LogP) is 2.50. The van der Waals surface area contributed by atoms with Gasteiger partial charge in [0.15, 0.2) is 0 Å². The lowest BCUT2D eigenvalue weighted by atomic mass is 9.85. The fourth-order valence-corrected chi connectivity index (χ4v) is 2.37. The van der Waals surface area contributed by atoms with Gasteiger partial charge in [-0.2, -0.15) is 0 Å². The van der Waals surface area contributed by atoms with E-state index in [0.717, 1.165) is 13.1 Å². The number of nitrogens with zero attached hydrogens (tertiary/aromatic N) is 1. The Morgan fingerprint density at radius 2 is 2.00 bits per heavy atom. The summed E-state index contributed by atoms with van der Waals surface area (Å²) in [4.78, 5) is 2.65. The Labute approximate surface area is 95.4 Å². The highest BCUT2D eigenvalue weighted by molar-refractivity contribution is 4.79. The smallest absolute Gasteiger partial charge is 0.0192 e. The number of hydrogen-bond acceptors (Lipinski definition) is 2. The van der Waals surface area contributed by atoms with Gasteiger partial charge < -0.3 is 5.32 Å². The van der Waals surface area contributed by atoms with Gasteiger partial charge in [0.25, 0.3) is 0 Å². The van der Waals surface area contributed by atoms with Crippen LogP contribution in [0.3, 0.4) is 0 Å². The van der Waals surface area contributed by atoms with E-state index in [4.69, 9.17) is 0 Å². The summed E-state index contributed by atoms with van der Waals surface area (Å²) in [7, 11) is 0. The Morgan fingerprint density at radius 1 is 1.27 bits per heavy atom. The number of nitrogens with one attached hydrogen (secondary N) is 1. The lowest BCUT2D eigenvalue weighted by Gasteiger charge is -2.28. The number of rotatable bonds is 4. The topological polar surface area (TPSA) is 15.3 Å². The van der Waals surface area contributed by atoms with Crippen molar-refractivity contribution in [2.45, 2.75) is 53.0 Å². The zero-order chi connectivity index (χ0) is 11.3. The van der Waals surface area contributed by atoms with Gasteiger partial charge in [-0.25, -0.2) is 0 Å². The summed E-state index contributed by atoms with van der Waals surface area (Å²) < 4.78 is 0. The highest BCUT2D eigenvalue weighted by Crippen LogP contribution is 2.30. The molecule has 1 atom stereocenters. The molecule has 0 spiro atoms. The normalized spacial score (nSPS) is 24.8. The first kappa shape index (κ1) is 13.0. The van der Waals surface area contributed by atoms with Crippen LogP contribution in [0.4, 0.5) is 0 Å². The molecular weight excluding hydrogens is 184 g/mol. The molecule has 1 aliphatic rings. The molecule has 0 amide bonds. The van der Waals surface area contributed by atoms with Crippen LogP contribution in [0.5, 0.6) is 0 Å². The number of likely N-dealkylation sites (N-methyl/N-ethyl adjacent to an activating group) is 1. The van der Waals surface area contributed by atoms with Gasteiger partial charge in [-0.05, 0) is 51.2 Å². The molecule has 15 heavy (non-hydrogen) atoms. The van der Waals surface area contributed by atoms with Gasteiger partial charge in [0.05, 0.1) is 0 Å². The molecule has 1 fully saturated rings. The average Bonchev–Trinajstić information content (AvgIpc) is 2.36. The van der Waals surface area contributed by atoms with Gasteiger partial charge in [0.1, 0.15) is 0 Å². The molecule has 1 saturated heterocycles. The largest absolute Gasteiger partial charge is 0.315 e. The Balaban J connectivity index is 2.36. The van der Waals surface area contributed by atoms with Crippen LogP contribution in [-0.2, 0) is 0 Å². The summed E-state index contributed by atoms with van der Waals surface area (Å²) in [6.45, 7) is 14.1. The molecule has 1 aliphatic heterocycles. The van der Waals surface area contributed by atoms with Crippen molar-refractivity contribution in [3.05, 3.63) is 0 Å². The number of hydrogen-bond donors (Lipinski definition) is 1. The van der Waals surface area contributed by atoms with Gasteiger partial charge in [-0.1, -0.05) is 20.8 Å². The molecule has 0 aliphatic carbocycles. The fraction of sp³-hybridized carbons (Fsp3) is 1.00. The summed E-state index contributed by atoms with van der Waals surface area (Å²) in [6, 6.07) is 0.693. The zero-order valence-electron chi connectivity index (χ0n) is 11.0. The molecule has 0 radical (unpaired) electrons. The third kappa shape index (κ3) is 4.52. The van der Waals surface area contributed by atoms with Crippen molar-refractivity contribution in [2.75, 3.05) is 26.2 Å². The van der Waals surface area contributed by atoms with Crippen molar-refractivity contribution in [2.24, 2.45) is 5.41 Å². The van der Waals surface area contributed by atoms with Crippen LogP contribution in [0.15, 0.2) is 0 Å². The van der Waals surface area contributed by atoms with E-state index >= 15 is 0 Å². The lowest BCUT2D eigenvalue weighted by Crippen LogP contribution is -2.41. The van der Waals surface area contributed by atoms with E-state index in [2.05, 4.69) is 37.9 Å². The Bertz CT molecular complexity index is 177. The van der Waals surface area contributed by atoms with Gasteiger partial charge in [-0.15, -0.1) is 0 Å². The quantitative estimate of drug-likeness (QED) is 0.770. The third-order valence-electron chi connectivity index (χ3n) is 3.69. The monoisotopic (exact) mass is 212 g/mol.